The molecule has 0 spiro atoms. The fourth-order valence-electron chi connectivity index (χ4n) is 1.92. The first kappa shape index (κ1) is 8.99. The summed E-state index contributed by atoms with van der Waals surface area (Å²) < 4.78 is 5.08. The quantitative estimate of drug-likeness (QED) is 0.740. The highest BCUT2D eigenvalue weighted by molar-refractivity contribution is 6.02. The number of ketones is 1. The van der Waals surface area contributed by atoms with Crippen LogP contribution in [0.5, 0.6) is 0 Å². The van der Waals surface area contributed by atoms with E-state index in [0.717, 1.165) is 0 Å². The fraction of sp³-hybridized carbons (Fsp3) is 0.400. The van der Waals surface area contributed by atoms with E-state index in [1.54, 1.807) is 6.92 Å². The maximum absolute atomic E-state index is 11.5. The number of Topliss-reactive ketones (excluding diaryl/α,β-unsaturated/α-hetero) is 1. The number of rotatable bonds is 1. The number of carbonyl (C=O) groups excluding carboxylic acids is 1. The normalized spacial score (nSPS) is 15.4. The summed E-state index contributed by atoms with van der Waals surface area (Å²) in [6.07, 6.45) is 1.83. The van der Waals surface area contributed by atoms with E-state index in [2.05, 4.69) is 0 Å². The Kier molecular flexibility index (Phi) is 1.91. The van der Waals surface area contributed by atoms with Gasteiger partial charge >= 0.3 is 5.97 Å². The molecule has 74 valence electrons. The summed E-state index contributed by atoms with van der Waals surface area (Å²) in [5.74, 6) is -0.725. The van der Waals surface area contributed by atoms with E-state index in [1.165, 1.54) is 0 Å². The Morgan fingerprint density at radius 1 is 1.43 bits per heavy atom. The maximum Gasteiger partial charge on any atom is 0.372 e. The first-order chi connectivity index (χ1) is 6.61. The van der Waals surface area contributed by atoms with E-state index in [0.29, 0.717) is 36.1 Å². The van der Waals surface area contributed by atoms with Gasteiger partial charge in [0, 0.05) is 12.0 Å². The van der Waals surface area contributed by atoms with Crippen molar-refractivity contribution in [2.75, 3.05) is 0 Å². The number of aromatic carboxylic acids is 1. The molecule has 4 nitrogen and oxygen atoms in total. The molecule has 1 N–H and O–H groups in total. The Bertz CT molecular complexity index is 414. The molecular weight excluding hydrogens is 184 g/mol. The fourth-order valence-corrected chi connectivity index (χ4v) is 1.92. The van der Waals surface area contributed by atoms with E-state index >= 15 is 0 Å². The van der Waals surface area contributed by atoms with Crippen LogP contribution >= 0.6 is 0 Å². The third kappa shape index (κ3) is 1.14. The Morgan fingerprint density at radius 2 is 2.14 bits per heavy atom. The Balaban J connectivity index is 2.63. The molecule has 4 heteroatoms. The average molecular weight is 194 g/mol. The van der Waals surface area contributed by atoms with Crippen LogP contribution in [0.3, 0.4) is 0 Å². The van der Waals surface area contributed by atoms with Crippen LogP contribution in [0.25, 0.3) is 0 Å². The summed E-state index contributed by atoms with van der Waals surface area (Å²) in [5.41, 5.74) is 1.07. The predicted molar refractivity (Wildman–Crippen MR) is 47.7 cm³/mol. The van der Waals surface area contributed by atoms with Crippen molar-refractivity contribution in [3.05, 3.63) is 22.6 Å². The molecule has 0 fully saturated rings. The third-order valence-electron chi connectivity index (χ3n) is 2.49. The predicted octanol–water partition coefficient (Wildman–Crippen LogP) is 1.81. The minimum absolute atomic E-state index is 0.000000000000000444. The number of hydrogen-bond acceptors (Lipinski definition) is 3. The number of fused-ring (bicyclic) bond motifs is 1. The Labute approximate surface area is 80.5 Å². The minimum atomic E-state index is -1.09. The van der Waals surface area contributed by atoms with Crippen LogP contribution in [0, 0.1) is 6.92 Å². The van der Waals surface area contributed by atoms with Crippen molar-refractivity contribution in [2.45, 2.75) is 26.2 Å². The number of aryl methyl sites for hydroxylation is 1. The van der Waals surface area contributed by atoms with Gasteiger partial charge in [-0.15, -0.1) is 0 Å². The van der Waals surface area contributed by atoms with Crippen LogP contribution in [0.2, 0.25) is 0 Å². The first-order valence-corrected chi connectivity index (χ1v) is 4.50. The Morgan fingerprint density at radius 3 is 2.79 bits per heavy atom. The lowest BCUT2D eigenvalue weighted by Gasteiger charge is -2.09. The van der Waals surface area contributed by atoms with Crippen LogP contribution in [-0.4, -0.2) is 16.9 Å². The summed E-state index contributed by atoms with van der Waals surface area (Å²) >= 11 is 0. The van der Waals surface area contributed by atoms with E-state index in [4.69, 9.17) is 9.52 Å². The van der Waals surface area contributed by atoms with Crippen molar-refractivity contribution in [2.24, 2.45) is 0 Å². The van der Waals surface area contributed by atoms with Gasteiger partial charge in [0.2, 0.25) is 5.76 Å². The summed E-state index contributed by atoms with van der Waals surface area (Å²) in [6, 6.07) is 0. The second-order valence-corrected chi connectivity index (χ2v) is 3.42. The monoisotopic (exact) mass is 194 g/mol. The summed E-state index contributed by atoms with van der Waals surface area (Å²) in [5, 5.41) is 8.84. The third-order valence-corrected chi connectivity index (χ3v) is 2.49. The van der Waals surface area contributed by atoms with Gasteiger partial charge in [0.05, 0.1) is 5.56 Å². The Hall–Kier alpha value is -1.58. The average Bonchev–Trinajstić information content (AvgIpc) is 2.45. The number of carboxylic acids is 1. The minimum Gasteiger partial charge on any atom is -0.475 e. The molecule has 2 rings (SSSR count). The molecule has 1 aromatic heterocycles. The molecular formula is C10H10O4. The van der Waals surface area contributed by atoms with Crippen LogP contribution in [-0.2, 0) is 6.42 Å². The molecule has 1 aliphatic carbocycles. The molecule has 0 atom stereocenters. The van der Waals surface area contributed by atoms with Gasteiger partial charge in [0.25, 0.3) is 0 Å². The SMILES string of the molecule is Cc1oc(C(=O)O)c2c1C(=O)CCC2. The second kappa shape index (κ2) is 2.97. The molecule has 1 aliphatic rings. The standard InChI is InChI=1S/C10H10O4/c1-5-8-6(3-2-4-7(8)11)9(14-5)10(12)13/h2-4H2,1H3,(H,12,13). The number of hydrogen-bond donors (Lipinski definition) is 1. The van der Waals surface area contributed by atoms with Gasteiger partial charge in [-0.25, -0.2) is 4.79 Å². The molecule has 1 heterocycles. The van der Waals surface area contributed by atoms with Crippen LogP contribution in [0.4, 0.5) is 0 Å². The smallest absolute Gasteiger partial charge is 0.372 e. The van der Waals surface area contributed by atoms with Crippen LogP contribution < -0.4 is 0 Å². The van der Waals surface area contributed by atoms with E-state index in [9.17, 15) is 9.59 Å². The van der Waals surface area contributed by atoms with E-state index in [-0.39, 0.29) is 11.5 Å². The zero-order valence-corrected chi connectivity index (χ0v) is 7.79. The van der Waals surface area contributed by atoms with Crippen molar-refractivity contribution >= 4 is 11.8 Å². The van der Waals surface area contributed by atoms with Crippen LogP contribution in [0.1, 0.15) is 45.1 Å². The molecule has 0 saturated heterocycles. The highest BCUT2D eigenvalue weighted by Crippen LogP contribution is 2.29. The second-order valence-electron chi connectivity index (χ2n) is 3.42. The number of furan rings is 1. The number of carbonyl (C=O) groups is 2. The molecule has 0 unspecified atom stereocenters. The molecule has 14 heavy (non-hydrogen) atoms. The van der Waals surface area contributed by atoms with Crippen LogP contribution in [0.15, 0.2) is 4.42 Å². The summed E-state index contributed by atoms with van der Waals surface area (Å²) in [6.45, 7) is 1.63. The van der Waals surface area contributed by atoms with Crippen molar-refractivity contribution in [1.29, 1.82) is 0 Å². The zero-order chi connectivity index (χ0) is 10.3. The molecule has 0 radical (unpaired) electrons. The zero-order valence-electron chi connectivity index (χ0n) is 7.79. The molecule has 1 aromatic rings. The van der Waals surface area contributed by atoms with Gasteiger partial charge in [-0.2, -0.15) is 0 Å². The van der Waals surface area contributed by atoms with Gasteiger partial charge in [-0.05, 0) is 19.8 Å². The van der Waals surface area contributed by atoms with Gasteiger partial charge in [-0.3, -0.25) is 4.79 Å². The van der Waals surface area contributed by atoms with E-state index in [1.807, 2.05) is 0 Å². The number of carboxylic acid groups (broad SMARTS) is 1. The summed E-state index contributed by atoms with van der Waals surface area (Å²) in [4.78, 5) is 22.3. The first-order valence-electron chi connectivity index (χ1n) is 4.50. The van der Waals surface area contributed by atoms with Gasteiger partial charge < -0.3 is 9.52 Å². The molecule has 0 aromatic carbocycles. The topological polar surface area (TPSA) is 67.5 Å². The van der Waals surface area contributed by atoms with Crippen molar-refractivity contribution < 1.29 is 19.1 Å². The van der Waals surface area contributed by atoms with Gasteiger partial charge in [0.15, 0.2) is 5.78 Å². The van der Waals surface area contributed by atoms with E-state index < -0.39 is 5.97 Å². The van der Waals surface area contributed by atoms with Gasteiger partial charge in [-0.1, -0.05) is 0 Å². The van der Waals surface area contributed by atoms with Crippen molar-refractivity contribution in [1.82, 2.24) is 0 Å². The van der Waals surface area contributed by atoms with Crippen molar-refractivity contribution in [3.8, 4) is 0 Å². The lowest BCUT2D eigenvalue weighted by molar-refractivity contribution is 0.0659. The molecule has 0 saturated carbocycles. The lowest BCUT2D eigenvalue weighted by atomic mass is 9.91. The molecule has 0 amide bonds. The van der Waals surface area contributed by atoms with Crippen molar-refractivity contribution in [3.63, 3.8) is 0 Å². The molecule has 0 aliphatic heterocycles. The van der Waals surface area contributed by atoms with Gasteiger partial charge in [0.1, 0.15) is 5.76 Å². The molecule has 0 bridgehead atoms. The highest BCUT2D eigenvalue weighted by Gasteiger charge is 2.29. The highest BCUT2D eigenvalue weighted by atomic mass is 16.4. The maximum atomic E-state index is 11.5. The largest absolute Gasteiger partial charge is 0.475 e. The summed E-state index contributed by atoms with van der Waals surface area (Å²) in [7, 11) is 0. The lowest BCUT2D eigenvalue weighted by Crippen LogP contribution is -2.11.